The number of aromatic nitrogens is 1. The first-order valence-electron chi connectivity index (χ1n) is 6.82. The van der Waals surface area contributed by atoms with Crippen molar-refractivity contribution in [1.29, 1.82) is 0 Å². The zero-order valence-electron chi connectivity index (χ0n) is 11.3. The van der Waals surface area contributed by atoms with Crippen molar-refractivity contribution >= 4 is 11.6 Å². The molecular weight excluding hydrogens is 242 g/mol. The van der Waals surface area contributed by atoms with E-state index in [9.17, 15) is 4.79 Å². The summed E-state index contributed by atoms with van der Waals surface area (Å²) >= 11 is 0. The minimum Gasteiger partial charge on any atom is -0.474 e. The molecule has 1 aromatic rings. The highest BCUT2D eigenvalue weighted by molar-refractivity contribution is 5.97. The first kappa shape index (κ1) is 13.6. The fourth-order valence-corrected chi connectivity index (χ4v) is 2.61. The topological polar surface area (TPSA) is 91.2 Å². The average molecular weight is 263 g/mol. The second-order valence-corrected chi connectivity index (χ2v) is 5.15. The Labute approximate surface area is 113 Å². The number of ether oxygens (including phenoxy) is 1. The molecule has 2 unspecified atom stereocenters. The smallest absolute Gasteiger partial charge is 0.251 e. The van der Waals surface area contributed by atoms with Crippen LogP contribution in [0.1, 0.15) is 49.4 Å². The third-order valence-electron chi connectivity index (χ3n) is 3.77. The van der Waals surface area contributed by atoms with Crippen molar-refractivity contribution in [2.45, 2.75) is 45.1 Å². The molecule has 0 aromatic carbocycles. The summed E-state index contributed by atoms with van der Waals surface area (Å²) in [4.78, 5) is 15.3. The first-order valence-corrected chi connectivity index (χ1v) is 6.82. The van der Waals surface area contributed by atoms with Gasteiger partial charge in [0.25, 0.3) is 5.91 Å². The maximum absolute atomic E-state index is 11.2. The molecule has 0 saturated heterocycles. The molecule has 1 aliphatic rings. The van der Waals surface area contributed by atoms with Gasteiger partial charge in [-0.3, -0.25) is 4.79 Å². The van der Waals surface area contributed by atoms with Gasteiger partial charge < -0.3 is 16.2 Å². The van der Waals surface area contributed by atoms with Gasteiger partial charge in [0.05, 0.1) is 17.4 Å². The highest BCUT2D eigenvalue weighted by Crippen LogP contribution is 2.29. The van der Waals surface area contributed by atoms with Gasteiger partial charge in [-0.1, -0.05) is 19.8 Å². The van der Waals surface area contributed by atoms with E-state index in [-0.39, 0.29) is 17.4 Å². The van der Waals surface area contributed by atoms with Crippen LogP contribution in [-0.4, -0.2) is 17.0 Å². The molecular formula is C14H21N3O2. The van der Waals surface area contributed by atoms with E-state index in [1.807, 2.05) is 0 Å². The first-order chi connectivity index (χ1) is 9.10. The fraction of sp³-hybridized carbons (Fsp3) is 0.571. The van der Waals surface area contributed by atoms with Gasteiger partial charge in [-0.2, -0.15) is 0 Å². The largest absolute Gasteiger partial charge is 0.474 e. The summed E-state index contributed by atoms with van der Waals surface area (Å²) in [5.41, 5.74) is 11.5. The van der Waals surface area contributed by atoms with E-state index in [1.54, 1.807) is 0 Å². The SMILES string of the molecule is CCC1CCCC(Oc2cc(C(N)=O)c(N)cn2)C1. The summed E-state index contributed by atoms with van der Waals surface area (Å²) in [6.45, 7) is 2.21. The molecule has 0 spiro atoms. The molecule has 5 heteroatoms. The quantitative estimate of drug-likeness (QED) is 0.870. The van der Waals surface area contributed by atoms with E-state index < -0.39 is 5.91 Å². The number of hydrogen-bond donors (Lipinski definition) is 2. The Kier molecular flexibility index (Phi) is 4.24. The summed E-state index contributed by atoms with van der Waals surface area (Å²) < 4.78 is 5.86. The predicted molar refractivity (Wildman–Crippen MR) is 73.8 cm³/mol. The number of anilines is 1. The molecule has 1 heterocycles. The molecule has 0 aliphatic heterocycles. The van der Waals surface area contributed by atoms with E-state index >= 15 is 0 Å². The summed E-state index contributed by atoms with van der Waals surface area (Å²) in [6, 6.07) is 1.53. The number of rotatable bonds is 4. The van der Waals surface area contributed by atoms with Gasteiger partial charge in [-0.15, -0.1) is 0 Å². The number of nitrogen functional groups attached to an aromatic ring is 1. The lowest BCUT2D eigenvalue weighted by Gasteiger charge is -2.28. The van der Waals surface area contributed by atoms with Crippen LogP contribution in [0.2, 0.25) is 0 Å². The Hall–Kier alpha value is -1.78. The number of nitrogens with two attached hydrogens (primary N) is 2. The van der Waals surface area contributed by atoms with Crippen LogP contribution in [0.4, 0.5) is 5.69 Å². The van der Waals surface area contributed by atoms with Crippen molar-refractivity contribution < 1.29 is 9.53 Å². The highest BCUT2D eigenvalue weighted by Gasteiger charge is 2.22. The number of carbonyl (C=O) groups excluding carboxylic acids is 1. The molecule has 0 radical (unpaired) electrons. The monoisotopic (exact) mass is 263 g/mol. The molecule has 1 fully saturated rings. The normalized spacial score (nSPS) is 23.0. The lowest BCUT2D eigenvalue weighted by Crippen LogP contribution is -2.25. The molecule has 4 N–H and O–H groups in total. The van der Waals surface area contributed by atoms with Gasteiger partial charge in [0.1, 0.15) is 6.10 Å². The minimum atomic E-state index is -0.556. The molecule has 19 heavy (non-hydrogen) atoms. The molecule has 1 aliphatic carbocycles. The molecule has 1 aromatic heterocycles. The number of hydrogen-bond acceptors (Lipinski definition) is 4. The Morgan fingerprint density at radius 3 is 3.00 bits per heavy atom. The Morgan fingerprint density at radius 1 is 1.53 bits per heavy atom. The minimum absolute atomic E-state index is 0.176. The van der Waals surface area contributed by atoms with Gasteiger partial charge in [-0.25, -0.2) is 4.98 Å². The molecule has 1 amide bonds. The van der Waals surface area contributed by atoms with Crippen molar-refractivity contribution in [3.8, 4) is 5.88 Å². The Bertz CT molecular complexity index is 462. The lowest BCUT2D eigenvalue weighted by atomic mass is 9.85. The number of primary amides is 1. The molecule has 2 atom stereocenters. The van der Waals surface area contributed by atoms with Gasteiger partial charge in [0.15, 0.2) is 0 Å². The van der Waals surface area contributed by atoms with E-state index in [2.05, 4.69) is 11.9 Å². The van der Waals surface area contributed by atoms with Crippen LogP contribution in [0, 0.1) is 5.92 Å². The maximum atomic E-state index is 11.2. The summed E-state index contributed by atoms with van der Waals surface area (Å²) in [6.07, 6.45) is 7.33. The average Bonchev–Trinajstić information content (AvgIpc) is 2.41. The second kappa shape index (κ2) is 5.91. The van der Waals surface area contributed by atoms with E-state index in [1.165, 1.54) is 31.5 Å². The highest BCUT2D eigenvalue weighted by atomic mass is 16.5. The van der Waals surface area contributed by atoms with E-state index in [0.29, 0.717) is 5.88 Å². The van der Waals surface area contributed by atoms with Crippen molar-refractivity contribution in [1.82, 2.24) is 4.98 Å². The van der Waals surface area contributed by atoms with Crippen LogP contribution in [0.25, 0.3) is 0 Å². The number of amides is 1. The lowest BCUT2D eigenvalue weighted by molar-refractivity contribution is 0.0996. The zero-order valence-corrected chi connectivity index (χ0v) is 11.3. The Balaban J connectivity index is 2.06. The zero-order chi connectivity index (χ0) is 13.8. The van der Waals surface area contributed by atoms with Gasteiger partial charge in [0, 0.05) is 6.07 Å². The van der Waals surface area contributed by atoms with Gasteiger partial charge >= 0.3 is 0 Å². The molecule has 5 nitrogen and oxygen atoms in total. The van der Waals surface area contributed by atoms with E-state index in [4.69, 9.17) is 16.2 Å². The van der Waals surface area contributed by atoms with Gasteiger partial charge in [-0.05, 0) is 25.2 Å². The van der Waals surface area contributed by atoms with Crippen LogP contribution >= 0.6 is 0 Å². The van der Waals surface area contributed by atoms with Crippen molar-refractivity contribution in [3.05, 3.63) is 17.8 Å². The van der Waals surface area contributed by atoms with Crippen molar-refractivity contribution in [2.24, 2.45) is 11.7 Å². The van der Waals surface area contributed by atoms with Crippen molar-refractivity contribution in [2.75, 3.05) is 5.73 Å². The third kappa shape index (κ3) is 3.36. The van der Waals surface area contributed by atoms with Crippen LogP contribution in [-0.2, 0) is 0 Å². The summed E-state index contributed by atoms with van der Waals surface area (Å²) in [5.74, 6) is 0.604. The molecule has 1 saturated carbocycles. The maximum Gasteiger partial charge on any atom is 0.251 e. The number of nitrogens with zero attached hydrogens (tertiary/aromatic N) is 1. The number of pyridine rings is 1. The molecule has 2 rings (SSSR count). The molecule has 0 bridgehead atoms. The molecule has 104 valence electrons. The fourth-order valence-electron chi connectivity index (χ4n) is 2.61. The van der Waals surface area contributed by atoms with Crippen LogP contribution in [0.15, 0.2) is 12.3 Å². The van der Waals surface area contributed by atoms with Gasteiger partial charge in [0.2, 0.25) is 5.88 Å². The second-order valence-electron chi connectivity index (χ2n) is 5.15. The van der Waals surface area contributed by atoms with Crippen molar-refractivity contribution in [3.63, 3.8) is 0 Å². The standard InChI is InChI=1S/C14H21N3O2/c1-2-9-4-3-5-10(6-9)19-13-7-11(14(16)18)12(15)8-17-13/h7-10H,2-6,15H2,1H3,(H2,16,18). The van der Waals surface area contributed by atoms with Crippen LogP contribution in [0.5, 0.6) is 5.88 Å². The Morgan fingerprint density at radius 2 is 2.32 bits per heavy atom. The predicted octanol–water partition coefficient (Wildman–Crippen LogP) is 2.11. The summed E-state index contributed by atoms with van der Waals surface area (Å²) in [5, 5.41) is 0. The van der Waals surface area contributed by atoms with Crippen LogP contribution in [0.3, 0.4) is 0 Å². The summed E-state index contributed by atoms with van der Waals surface area (Å²) in [7, 11) is 0. The third-order valence-corrected chi connectivity index (χ3v) is 3.77. The van der Waals surface area contributed by atoms with Crippen LogP contribution < -0.4 is 16.2 Å². The van der Waals surface area contributed by atoms with E-state index in [0.717, 1.165) is 18.8 Å². The number of carbonyl (C=O) groups is 1.